The number of hydrogen-bond donors (Lipinski definition) is 1. The Morgan fingerprint density at radius 3 is 2.84 bits per heavy atom. The van der Waals surface area contributed by atoms with Gasteiger partial charge < -0.3 is 10.1 Å². The van der Waals surface area contributed by atoms with Gasteiger partial charge >= 0.3 is 0 Å². The number of allylic oxidation sites excluding steroid dienone is 1. The molecule has 2 aliphatic rings. The van der Waals surface area contributed by atoms with Crippen LogP contribution in [0.4, 0.5) is 5.69 Å². The van der Waals surface area contributed by atoms with Crippen LogP contribution in [-0.4, -0.2) is 12.5 Å². The Kier molecular flexibility index (Phi) is 2.03. The summed E-state index contributed by atoms with van der Waals surface area (Å²) in [6.07, 6.45) is 7.94. The van der Waals surface area contributed by atoms with Crippen LogP contribution < -0.4 is 15.8 Å². The van der Waals surface area contributed by atoms with Gasteiger partial charge in [0.2, 0.25) is 0 Å². The molecule has 0 atom stereocenters. The molecule has 1 heterocycles. The first-order valence-electron chi connectivity index (χ1n) is 6.19. The molecular weight excluding hydrogens is 238 g/mol. The molecule has 0 radical (unpaired) electrons. The lowest BCUT2D eigenvalue weighted by Gasteiger charge is -2.06. The third kappa shape index (κ3) is 1.48. The molecular formula is C16H11NO2. The minimum atomic E-state index is -0.122. The number of carbonyl (C=O) groups excluding carboxylic acids is 1. The third-order valence-electron chi connectivity index (χ3n) is 3.55. The van der Waals surface area contributed by atoms with Gasteiger partial charge in [-0.15, -0.1) is 0 Å². The second-order valence-electron chi connectivity index (χ2n) is 4.69. The number of amides is 1. The quantitative estimate of drug-likeness (QED) is 0.765. The maximum absolute atomic E-state index is 11.5. The van der Waals surface area contributed by atoms with E-state index in [1.807, 2.05) is 6.07 Å². The summed E-state index contributed by atoms with van der Waals surface area (Å²) in [5.41, 5.74) is 2.03. The molecule has 0 saturated heterocycles. The number of ether oxygens (including phenoxy) is 1. The molecule has 1 aliphatic carbocycles. The monoisotopic (exact) mass is 249 g/mol. The van der Waals surface area contributed by atoms with Crippen molar-refractivity contribution in [1.29, 1.82) is 0 Å². The largest absolute Gasteiger partial charge is 0.491 e. The number of carbonyl (C=O) groups is 1. The molecule has 0 aromatic heterocycles. The van der Waals surface area contributed by atoms with E-state index in [0.717, 1.165) is 16.3 Å². The van der Waals surface area contributed by atoms with E-state index in [-0.39, 0.29) is 12.5 Å². The SMILES string of the molecule is O=C1COC=c2c(ccc3c4c(ccc23)C=CC=4)N1. The van der Waals surface area contributed by atoms with Gasteiger partial charge in [-0.1, -0.05) is 36.4 Å². The van der Waals surface area contributed by atoms with E-state index in [1.165, 1.54) is 16.2 Å². The first kappa shape index (κ1) is 10.4. The summed E-state index contributed by atoms with van der Waals surface area (Å²) >= 11 is 0. The fraction of sp³-hybridized carbons (Fsp3) is 0.0625. The van der Waals surface area contributed by atoms with E-state index in [0.29, 0.717) is 0 Å². The van der Waals surface area contributed by atoms with Gasteiger partial charge in [-0.05, 0) is 27.6 Å². The van der Waals surface area contributed by atoms with Crippen molar-refractivity contribution in [2.24, 2.45) is 0 Å². The molecule has 3 nitrogen and oxygen atoms in total. The number of benzene rings is 2. The second-order valence-corrected chi connectivity index (χ2v) is 4.69. The average molecular weight is 249 g/mol. The van der Waals surface area contributed by atoms with Crippen LogP contribution in [0.3, 0.4) is 0 Å². The molecule has 3 heteroatoms. The number of anilines is 1. The highest BCUT2D eigenvalue weighted by Crippen LogP contribution is 2.16. The van der Waals surface area contributed by atoms with E-state index in [1.54, 1.807) is 6.26 Å². The van der Waals surface area contributed by atoms with Gasteiger partial charge in [-0.2, -0.15) is 0 Å². The molecule has 0 unspecified atom stereocenters. The van der Waals surface area contributed by atoms with Crippen molar-refractivity contribution in [3.8, 4) is 0 Å². The lowest BCUT2D eigenvalue weighted by Crippen LogP contribution is -2.19. The van der Waals surface area contributed by atoms with E-state index >= 15 is 0 Å². The first-order chi connectivity index (χ1) is 9.33. The summed E-state index contributed by atoms with van der Waals surface area (Å²) in [6.45, 7) is 0.0643. The average Bonchev–Trinajstić information content (AvgIpc) is 2.80. The Balaban J connectivity index is 2.13. The predicted molar refractivity (Wildman–Crippen MR) is 75.7 cm³/mol. The normalized spacial score (nSPS) is 15.7. The van der Waals surface area contributed by atoms with Crippen LogP contribution in [-0.2, 0) is 9.53 Å². The number of nitrogens with one attached hydrogen (secondary N) is 1. The zero-order valence-corrected chi connectivity index (χ0v) is 10.1. The number of rotatable bonds is 0. The number of fused-ring (bicyclic) bond motifs is 5. The van der Waals surface area contributed by atoms with Crippen molar-refractivity contribution >= 4 is 40.8 Å². The summed E-state index contributed by atoms with van der Waals surface area (Å²) in [6, 6.07) is 8.16. The van der Waals surface area contributed by atoms with Crippen LogP contribution in [0, 0.1) is 0 Å². The Morgan fingerprint density at radius 1 is 1.05 bits per heavy atom. The minimum absolute atomic E-state index is 0.0643. The fourth-order valence-electron chi connectivity index (χ4n) is 2.67. The molecule has 0 saturated carbocycles. The molecule has 0 bridgehead atoms. The van der Waals surface area contributed by atoms with Crippen molar-refractivity contribution in [3.63, 3.8) is 0 Å². The third-order valence-corrected chi connectivity index (χ3v) is 3.55. The van der Waals surface area contributed by atoms with E-state index in [4.69, 9.17) is 4.74 Å². The summed E-state index contributed by atoms with van der Waals surface area (Å²) in [4.78, 5) is 11.5. The maximum atomic E-state index is 11.5. The molecule has 1 aliphatic heterocycles. The lowest BCUT2D eigenvalue weighted by atomic mass is 10.0. The molecule has 92 valence electrons. The minimum Gasteiger partial charge on any atom is -0.491 e. The molecule has 2 aromatic carbocycles. The van der Waals surface area contributed by atoms with Gasteiger partial charge in [0, 0.05) is 5.22 Å². The van der Waals surface area contributed by atoms with Crippen LogP contribution in [0.1, 0.15) is 5.56 Å². The molecule has 1 amide bonds. The summed E-state index contributed by atoms with van der Waals surface area (Å²) < 4.78 is 5.30. The topological polar surface area (TPSA) is 38.3 Å². The van der Waals surface area contributed by atoms with Crippen molar-refractivity contribution in [1.82, 2.24) is 0 Å². The summed E-state index contributed by atoms with van der Waals surface area (Å²) in [7, 11) is 0. The van der Waals surface area contributed by atoms with Crippen molar-refractivity contribution in [2.75, 3.05) is 11.9 Å². The van der Waals surface area contributed by atoms with Gasteiger partial charge in [-0.3, -0.25) is 4.79 Å². The molecule has 4 rings (SSSR count). The fourth-order valence-corrected chi connectivity index (χ4v) is 2.67. The molecule has 19 heavy (non-hydrogen) atoms. The Bertz CT molecular complexity index is 862. The Morgan fingerprint density at radius 2 is 1.89 bits per heavy atom. The highest BCUT2D eigenvalue weighted by Gasteiger charge is 2.11. The lowest BCUT2D eigenvalue weighted by molar-refractivity contribution is -0.118. The summed E-state index contributed by atoms with van der Waals surface area (Å²) in [5, 5.41) is 7.30. The number of hydrogen-bond acceptors (Lipinski definition) is 2. The van der Waals surface area contributed by atoms with Gasteiger partial charge in [-0.25, -0.2) is 0 Å². The molecule has 2 aromatic rings. The van der Waals surface area contributed by atoms with Gasteiger partial charge in [0.1, 0.15) is 0 Å². The molecule has 1 N–H and O–H groups in total. The van der Waals surface area contributed by atoms with Crippen molar-refractivity contribution in [2.45, 2.75) is 0 Å². The summed E-state index contributed by atoms with van der Waals surface area (Å²) in [5.74, 6) is -0.122. The van der Waals surface area contributed by atoms with Gasteiger partial charge in [0.15, 0.2) is 6.61 Å². The zero-order chi connectivity index (χ0) is 12.8. The van der Waals surface area contributed by atoms with Crippen molar-refractivity contribution in [3.05, 3.63) is 46.3 Å². The van der Waals surface area contributed by atoms with E-state index in [2.05, 4.69) is 41.7 Å². The van der Waals surface area contributed by atoms with Crippen LogP contribution in [0.15, 0.2) is 30.3 Å². The smallest absolute Gasteiger partial charge is 0.262 e. The highest BCUT2D eigenvalue weighted by atomic mass is 16.5. The highest BCUT2D eigenvalue weighted by molar-refractivity contribution is 5.98. The van der Waals surface area contributed by atoms with E-state index in [9.17, 15) is 4.79 Å². The zero-order valence-electron chi connectivity index (χ0n) is 10.1. The second kappa shape index (κ2) is 3.72. The predicted octanol–water partition coefficient (Wildman–Crippen LogP) is 1.35. The van der Waals surface area contributed by atoms with Crippen LogP contribution in [0.2, 0.25) is 0 Å². The maximum Gasteiger partial charge on any atom is 0.262 e. The molecule has 0 spiro atoms. The Labute approximate surface area is 109 Å². The Hall–Kier alpha value is -2.55. The van der Waals surface area contributed by atoms with Gasteiger partial charge in [0.25, 0.3) is 5.91 Å². The van der Waals surface area contributed by atoms with Crippen LogP contribution in [0.5, 0.6) is 0 Å². The van der Waals surface area contributed by atoms with E-state index < -0.39 is 0 Å². The van der Waals surface area contributed by atoms with Crippen LogP contribution in [0.25, 0.3) is 29.2 Å². The van der Waals surface area contributed by atoms with Crippen LogP contribution >= 0.6 is 0 Å². The standard InChI is InChI=1S/C16H11NO2/c18-16-9-19-8-14-13-5-4-10-2-1-3-11(10)12(13)6-7-15(14)17-16/h1-8H,9H2,(H,17,18). The van der Waals surface area contributed by atoms with Crippen molar-refractivity contribution < 1.29 is 9.53 Å². The van der Waals surface area contributed by atoms with Gasteiger partial charge in [0.05, 0.1) is 11.9 Å². The first-order valence-corrected chi connectivity index (χ1v) is 6.19. The molecule has 0 fully saturated rings.